The van der Waals surface area contributed by atoms with E-state index in [1.807, 2.05) is 6.92 Å². The van der Waals surface area contributed by atoms with Crippen molar-refractivity contribution in [2.75, 3.05) is 25.4 Å². The smallest absolute Gasteiger partial charge is 0.337 e. The van der Waals surface area contributed by atoms with Crippen LogP contribution in [-0.4, -0.2) is 61.2 Å². The Morgan fingerprint density at radius 2 is 1.93 bits per heavy atom. The Hall–Kier alpha value is -2.11. The molecule has 0 aliphatic carbocycles. The number of hydrogen-bond acceptors (Lipinski definition) is 7. The second kappa shape index (κ2) is 10.8. The number of sulfonamides is 1. The molecule has 2 rings (SSSR count). The average Bonchev–Trinajstić information content (AvgIpc) is 2.72. The fourth-order valence-corrected chi connectivity index (χ4v) is 5.25. The molecule has 1 aromatic heterocycles. The lowest BCUT2D eigenvalue weighted by Crippen LogP contribution is -2.50. The Morgan fingerprint density at radius 1 is 1.23 bits per heavy atom. The van der Waals surface area contributed by atoms with Crippen LogP contribution in [0.25, 0.3) is 0 Å². The number of ether oxygens (including phenoxy) is 1. The number of urea groups is 1. The van der Waals surface area contributed by atoms with E-state index in [0.29, 0.717) is 35.8 Å². The Bertz CT molecular complexity index is 896. The van der Waals surface area contributed by atoms with Crippen LogP contribution in [0, 0.1) is 0 Å². The fraction of sp³-hybridized carbons (Fsp3) is 0.526. The predicted octanol–water partition coefficient (Wildman–Crippen LogP) is 2.11. The topological polar surface area (TPSA) is 118 Å². The zero-order chi connectivity index (χ0) is 22.3. The van der Waals surface area contributed by atoms with E-state index in [1.165, 1.54) is 28.3 Å². The zero-order valence-electron chi connectivity index (χ0n) is 17.6. The summed E-state index contributed by atoms with van der Waals surface area (Å²) in [6, 6.07) is 2.33. The molecule has 1 unspecified atom stereocenters. The normalized spacial score (nSPS) is 17.0. The van der Waals surface area contributed by atoms with Gasteiger partial charge in [0.15, 0.2) is 0 Å². The van der Waals surface area contributed by atoms with Gasteiger partial charge in [-0.3, -0.25) is 0 Å². The molecule has 30 heavy (non-hydrogen) atoms. The molecule has 0 saturated heterocycles. The molecule has 11 heteroatoms. The van der Waals surface area contributed by atoms with Gasteiger partial charge in [-0.15, -0.1) is 11.8 Å². The monoisotopic (exact) mass is 456 g/mol. The molecule has 1 aliphatic heterocycles. The molecule has 0 saturated carbocycles. The first kappa shape index (κ1) is 24.2. The van der Waals surface area contributed by atoms with Gasteiger partial charge in [0.25, 0.3) is 0 Å². The fourth-order valence-electron chi connectivity index (χ4n) is 3.04. The van der Waals surface area contributed by atoms with Crippen molar-refractivity contribution in [3.8, 4) is 0 Å². The Labute approximate surface area is 181 Å². The number of nitrogens with one attached hydrogen (secondary N) is 2. The molecule has 1 aliphatic rings. The Morgan fingerprint density at radius 3 is 2.47 bits per heavy atom. The lowest BCUT2D eigenvalue weighted by Gasteiger charge is -2.28. The Balaban J connectivity index is 2.21. The summed E-state index contributed by atoms with van der Waals surface area (Å²) < 4.78 is 31.6. The first-order valence-corrected chi connectivity index (χ1v) is 12.3. The molecule has 0 fully saturated rings. The van der Waals surface area contributed by atoms with Crippen LogP contribution in [0.3, 0.4) is 0 Å². The first-order valence-electron chi connectivity index (χ1n) is 9.85. The highest BCUT2D eigenvalue weighted by Gasteiger charge is 2.31. The highest BCUT2D eigenvalue weighted by atomic mass is 32.2. The molecule has 1 atom stereocenters. The average molecular weight is 457 g/mol. The highest BCUT2D eigenvalue weighted by molar-refractivity contribution is 7.99. The van der Waals surface area contributed by atoms with Crippen LogP contribution in [0.4, 0.5) is 4.79 Å². The van der Waals surface area contributed by atoms with Crippen LogP contribution in [0.2, 0.25) is 0 Å². The molecule has 0 bridgehead atoms. The van der Waals surface area contributed by atoms with E-state index in [-0.39, 0.29) is 23.3 Å². The number of carbonyl (C=O) groups excluding carboxylic acids is 2. The molecule has 0 radical (unpaired) electrons. The molecule has 2 N–H and O–H groups in total. The number of thioether (sulfide) groups is 1. The van der Waals surface area contributed by atoms with Gasteiger partial charge in [-0.2, -0.15) is 4.31 Å². The third-order valence-corrected chi connectivity index (χ3v) is 7.57. The van der Waals surface area contributed by atoms with Gasteiger partial charge in [0.2, 0.25) is 10.0 Å². The molecular formula is C19H28N4O5S2. The lowest BCUT2D eigenvalue weighted by molar-refractivity contribution is -0.139. The van der Waals surface area contributed by atoms with Gasteiger partial charge in [-0.1, -0.05) is 20.8 Å². The van der Waals surface area contributed by atoms with Crippen molar-refractivity contribution < 1.29 is 22.7 Å². The van der Waals surface area contributed by atoms with Gasteiger partial charge in [-0.05, 0) is 25.5 Å². The third-order valence-electron chi connectivity index (χ3n) is 4.56. The van der Waals surface area contributed by atoms with E-state index >= 15 is 0 Å². The van der Waals surface area contributed by atoms with Gasteiger partial charge >= 0.3 is 12.0 Å². The van der Waals surface area contributed by atoms with Crippen molar-refractivity contribution in [1.82, 2.24) is 19.9 Å². The largest absolute Gasteiger partial charge is 0.463 e. The SMILES string of the molecule is CCOC(=O)C1=C(CSc2ccc(S(=O)(=O)N(CC)CC)cn2)NC(=O)NC1CC. The third kappa shape index (κ3) is 5.52. The van der Waals surface area contributed by atoms with Gasteiger partial charge < -0.3 is 15.4 Å². The number of pyridine rings is 1. The summed E-state index contributed by atoms with van der Waals surface area (Å²) in [5.41, 5.74) is 0.864. The summed E-state index contributed by atoms with van der Waals surface area (Å²) in [6.07, 6.45) is 1.87. The number of carbonyl (C=O) groups is 2. The maximum atomic E-state index is 12.6. The van der Waals surface area contributed by atoms with Gasteiger partial charge in [0.05, 0.1) is 23.2 Å². The van der Waals surface area contributed by atoms with Crippen LogP contribution >= 0.6 is 11.8 Å². The van der Waals surface area contributed by atoms with E-state index < -0.39 is 22.0 Å². The van der Waals surface area contributed by atoms with Crippen LogP contribution < -0.4 is 10.6 Å². The van der Waals surface area contributed by atoms with E-state index in [4.69, 9.17) is 4.74 Å². The highest BCUT2D eigenvalue weighted by Crippen LogP contribution is 2.25. The minimum Gasteiger partial charge on any atom is -0.463 e. The molecule has 0 spiro atoms. The molecule has 2 amide bonds. The maximum Gasteiger partial charge on any atom is 0.337 e. The first-order chi connectivity index (χ1) is 14.3. The van der Waals surface area contributed by atoms with Crippen LogP contribution in [-0.2, 0) is 19.6 Å². The van der Waals surface area contributed by atoms with Gasteiger partial charge in [0.1, 0.15) is 4.90 Å². The number of nitrogens with zero attached hydrogens (tertiary/aromatic N) is 2. The lowest BCUT2D eigenvalue weighted by atomic mass is 10.0. The summed E-state index contributed by atoms with van der Waals surface area (Å²) in [4.78, 5) is 28.7. The molecule has 9 nitrogen and oxygen atoms in total. The minimum absolute atomic E-state index is 0.128. The minimum atomic E-state index is -3.57. The number of amides is 2. The van der Waals surface area contributed by atoms with Crippen molar-refractivity contribution in [1.29, 1.82) is 0 Å². The number of hydrogen-bond donors (Lipinski definition) is 2. The van der Waals surface area contributed by atoms with Crippen LogP contribution in [0.1, 0.15) is 34.1 Å². The predicted molar refractivity (Wildman–Crippen MR) is 114 cm³/mol. The number of rotatable bonds is 10. The van der Waals surface area contributed by atoms with Crippen molar-refractivity contribution in [3.63, 3.8) is 0 Å². The quantitative estimate of drug-likeness (QED) is 0.409. The van der Waals surface area contributed by atoms with E-state index in [2.05, 4.69) is 15.6 Å². The summed E-state index contributed by atoms with van der Waals surface area (Å²) >= 11 is 1.29. The van der Waals surface area contributed by atoms with E-state index in [0.717, 1.165) is 0 Å². The standard InChI is InChI=1S/C19H28N4O5S2/c1-5-14-17(18(24)28-8-4)15(22-19(25)21-14)12-29-16-10-9-13(11-20-16)30(26,27)23(6-2)7-3/h9-11,14H,5-8,12H2,1-4H3,(H2,21,22,25). The van der Waals surface area contributed by atoms with Crippen LogP contribution in [0.15, 0.2) is 39.5 Å². The van der Waals surface area contributed by atoms with Crippen molar-refractivity contribution in [2.45, 2.75) is 50.1 Å². The van der Waals surface area contributed by atoms with E-state index in [9.17, 15) is 18.0 Å². The van der Waals surface area contributed by atoms with Crippen LogP contribution in [0.5, 0.6) is 0 Å². The van der Waals surface area contributed by atoms with E-state index in [1.54, 1.807) is 26.8 Å². The maximum absolute atomic E-state index is 12.6. The number of esters is 1. The second-order valence-corrected chi connectivity index (χ2v) is 9.32. The summed E-state index contributed by atoms with van der Waals surface area (Å²) in [6.45, 7) is 8.15. The van der Waals surface area contributed by atoms with Crippen molar-refractivity contribution in [2.24, 2.45) is 0 Å². The van der Waals surface area contributed by atoms with Gasteiger partial charge in [-0.25, -0.2) is 23.0 Å². The van der Waals surface area contributed by atoms with Gasteiger partial charge in [0, 0.05) is 30.7 Å². The molecular weight excluding hydrogens is 428 g/mol. The van der Waals surface area contributed by atoms with Crippen molar-refractivity contribution in [3.05, 3.63) is 29.6 Å². The molecule has 2 heterocycles. The summed E-state index contributed by atoms with van der Waals surface area (Å²) in [7, 11) is -3.57. The molecule has 1 aromatic rings. The summed E-state index contributed by atoms with van der Waals surface area (Å²) in [5, 5.41) is 5.98. The number of aromatic nitrogens is 1. The second-order valence-electron chi connectivity index (χ2n) is 6.38. The summed E-state index contributed by atoms with van der Waals surface area (Å²) in [5.74, 6) is -0.186. The molecule has 0 aromatic carbocycles. The Kier molecular flexibility index (Phi) is 8.68. The zero-order valence-corrected chi connectivity index (χ0v) is 19.2. The van der Waals surface area contributed by atoms with Crippen molar-refractivity contribution >= 4 is 33.8 Å². The molecule has 166 valence electrons.